The molecule has 80 valence electrons. The first-order valence-corrected chi connectivity index (χ1v) is 5.23. The molecule has 1 aliphatic rings. The molecular formula is C12H15NO2. The normalized spacial score (nSPS) is 13.5. The van der Waals surface area contributed by atoms with Gasteiger partial charge in [-0.25, -0.2) is 0 Å². The van der Waals surface area contributed by atoms with Crippen molar-refractivity contribution in [1.82, 2.24) is 0 Å². The van der Waals surface area contributed by atoms with Crippen LogP contribution in [0.1, 0.15) is 19.8 Å². The summed E-state index contributed by atoms with van der Waals surface area (Å²) in [6, 6.07) is 8.00. The molecule has 0 atom stereocenters. The van der Waals surface area contributed by atoms with E-state index in [1.54, 1.807) is 6.92 Å². The van der Waals surface area contributed by atoms with E-state index in [0.29, 0.717) is 13.2 Å². The van der Waals surface area contributed by atoms with Gasteiger partial charge in [0, 0.05) is 13.0 Å². The Kier molecular flexibility index (Phi) is 2.90. The van der Waals surface area contributed by atoms with E-state index in [2.05, 4.69) is 11.0 Å². The van der Waals surface area contributed by atoms with Crippen LogP contribution in [0.4, 0.5) is 5.69 Å². The minimum absolute atomic E-state index is 0.253. The van der Waals surface area contributed by atoms with E-state index in [9.17, 15) is 4.79 Å². The van der Waals surface area contributed by atoms with Crippen molar-refractivity contribution in [3.63, 3.8) is 0 Å². The van der Waals surface area contributed by atoms with Crippen molar-refractivity contribution in [2.75, 3.05) is 18.2 Å². The van der Waals surface area contributed by atoms with Gasteiger partial charge in [-0.05, 0) is 25.5 Å². The SMILES string of the molecule is CC(=O)CCCN1COc2ccccc21. The zero-order valence-electron chi connectivity index (χ0n) is 8.90. The lowest BCUT2D eigenvalue weighted by atomic mass is 10.2. The van der Waals surface area contributed by atoms with Crippen LogP contribution in [-0.2, 0) is 4.79 Å². The van der Waals surface area contributed by atoms with Crippen LogP contribution < -0.4 is 9.64 Å². The summed E-state index contributed by atoms with van der Waals surface area (Å²) in [6.07, 6.45) is 1.55. The van der Waals surface area contributed by atoms with Crippen molar-refractivity contribution in [3.05, 3.63) is 24.3 Å². The molecule has 0 aliphatic carbocycles. The summed E-state index contributed by atoms with van der Waals surface area (Å²) in [5.41, 5.74) is 1.14. The maximum absolute atomic E-state index is 10.8. The minimum Gasteiger partial charge on any atom is -0.471 e. The quantitative estimate of drug-likeness (QED) is 0.754. The van der Waals surface area contributed by atoms with Crippen molar-refractivity contribution in [3.8, 4) is 5.75 Å². The number of Topliss-reactive ketones (excluding diaryl/α,β-unsaturated/α-hetero) is 1. The van der Waals surface area contributed by atoms with E-state index >= 15 is 0 Å². The zero-order valence-corrected chi connectivity index (χ0v) is 8.90. The zero-order chi connectivity index (χ0) is 10.7. The lowest BCUT2D eigenvalue weighted by Crippen LogP contribution is -2.23. The molecule has 0 bridgehead atoms. The third-order valence-electron chi connectivity index (χ3n) is 2.54. The molecule has 0 saturated carbocycles. The Hall–Kier alpha value is -1.51. The summed E-state index contributed by atoms with van der Waals surface area (Å²) in [4.78, 5) is 13.0. The Morgan fingerprint density at radius 2 is 2.27 bits per heavy atom. The molecule has 0 aromatic heterocycles. The number of benzene rings is 1. The minimum atomic E-state index is 0.253. The highest BCUT2D eigenvalue weighted by Crippen LogP contribution is 2.33. The highest BCUT2D eigenvalue weighted by atomic mass is 16.5. The number of ketones is 1. The van der Waals surface area contributed by atoms with Gasteiger partial charge in [0.05, 0.1) is 5.69 Å². The van der Waals surface area contributed by atoms with Crippen LogP contribution in [0.5, 0.6) is 5.75 Å². The summed E-state index contributed by atoms with van der Waals surface area (Å²) >= 11 is 0. The molecule has 0 N–H and O–H groups in total. The first-order valence-electron chi connectivity index (χ1n) is 5.23. The van der Waals surface area contributed by atoms with Crippen LogP contribution in [0.15, 0.2) is 24.3 Å². The van der Waals surface area contributed by atoms with Crippen LogP contribution in [-0.4, -0.2) is 19.1 Å². The number of para-hydroxylation sites is 2. The molecule has 2 rings (SSSR count). The second-order valence-corrected chi connectivity index (χ2v) is 3.81. The average Bonchev–Trinajstić information content (AvgIpc) is 2.62. The second kappa shape index (κ2) is 4.34. The Morgan fingerprint density at radius 3 is 3.07 bits per heavy atom. The van der Waals surface area contributed by atoms with Gasteiger partial charge in [-0.2, -0.15) is 0 Å². The molecular weight excluding hydrogens is 190 g/mol. The van der Waals surface area contributed by atoms with E-state index in [1.165, 1.54) is 0 Å². The van der Waals surface area contributed by atoms with Gasteiger partial charge in [-0.3, -0.25) is 0 Å². The van der Waals surface area contributed by atoms with Crippen LogP contribution in [0.25, 0.3) is 0 Å². The van der Waals surface area contributed by atoms with Gasteiger partial charge in [0.2, 0.25) is 0 Å². The van der Waals surface area contributed by atoms with Gasteiger partial charge >= 0.3 is 0 Å². The number of anilines is 1. The monoisotopic (exact) mass is 205 g/mol. The number of carbonyl (C=O) groups excluding carboxylic acids is 1. The molecule has 0 saturated heterocycles. The fraction of sp³-hybridized carbons (Fsp3) is 0.417. The number of nitrogens with zero attached hydrogens (tertiary/aromatic N) is 1. The van der Waals surface area contributed by atoms with Crippen LogP contribution >= 0.6 is 0 Å². The van der Waals surface area contributed by atoms with E-state index in [-0.39, 0.29) is 5.78 Å². The van der Waals surface area contributed by atoms with Crippen molar-refractivity contribution in [1.29, 1.82) is 0 Å². The standard InChI is InChI=1S/C12H15NO2/c1-10(14)5-4-8-13-9-15-12-7-3-2-6-11(12)13/h2-3,6-7H,4-5,8-9H2,1H3. The second-order valence-electron chi connectivity index (χ2n) is 3.81. The molecule has 0 unspecified atom stereocenters. The first kappa shape index (κ1) is 10.0. The fourth-order valence-electron chi connectivity index (χ4n) is 1.76. The molecule has 0 spiro atoms. The number of hydrogen-bond donors (Lipinski definition) is 0. The van der Waals surface area contributed by atoms with Crippen molar-refractivity contribution in [2.45, 2.75) is 19.8 Å². The Balaban J connectivity index is 1.93. The fourth-order valence-corrected chi connectivity index (χ4v) is 1.76. The van der Waals surface area contributed by atoms with E-state index in [4.69, 9.17) is 4.74 Å². The molecule has 3 heteroatoms. The highest BCUT2D eigenvalue weighted by molar-refractivity contribution is 5.75. The van der Waals surface area contributed by atoms with E-state index in [1.807, 2.05) is 18.2 Å². The van der Waals surface area contributed by atoms with Gasteiger partial charge in [-0.15, -0.1) is 0 Å². The van der Waals surface area contributed by atoms with Crippen molar-refractivity contribution >= 4 is 11.5 Å². The largest absolute Gasteiger partial charge is 0.471 e. The van der Waals surface area contributed by atoms with E-state index < -0.39 is 0 Å². The molecule has 1 heterocycles. The molecule has 1 aromatic carbocycles. The Bertz CT molecular complexity index is 362. The smallest absolute Gasteiger partial charge is 0.161 e. The number of hydrogen-bond acceptors (Lipinski definition) is 3. The Morgan fingerprint density at radius 1 is 1.47 bits per heavy atom. The molecule has 3 nitrogen and oxygen atoms in total. The predicted molar refractivity (Wildman–Crippen MR) is 59.2 cm³/mol. The molecule has 1 aliphatic heterocycles. The van der Waals surface area contributed by atoms with Gasteiger partial charge in [-0.1, -0.05) is 12.1 Å². The predicted octanol–water partition coefficient (Wildman–Crippen LogP) is 2.21. The van der Waals surface area contributed by atoms with E-state index in [0.717, 1.165) is 24.4 Å². The topological polar surface area (TPSA) is 29.5 Å². The third kappa shape index (κ3) is 2.29. The van der Waals surface area contributed by atoms with Crippen molar-refractivity contribution < 1.29 is 9.53 Å². The summed E-state index contributed by atoms with van der Waals surface area (Å²) < 4.78 is 5.51. The molecule has 15 heavy (non-hydrogen) atoms. The number of fused-ring (bicyclic) bond motifs is 1. The van der Waals surface area contributed by atoms with Gasteiger partial charge in [0.1, 0.15) is 11.5 Å². The lowest BCUT2D eigenvalue weighted by Gasteiger charge is -2.15. The number of rotatable bonds is 4. The first-order chi connectivity index (χ1) is 7.27. The highest BCUT2D eigenvalue weighted by Gasteiger charge is 2.18. The molecule has 0 fully saturated rings. The van der Waals surface area contributed by atoms with Crippen molar-refractivity contribution in [2.24, 2.45) is 0 Å². The third-order valence-corrected chi connectivity index (χ3v) is 2.54. The number of ether oxygens (including phenoxy) is 1. The van der Waals surface area contributed by atoms with Crippen LogP contribution in [0, 0.1) is 0 Å². The molecule has 0 radical (unpaired) electrons. The summed E-state index contributed by atoms with van der Waals surface area (Å²) in [6.45, 7) is 3.13. The lowest BCUT2D eigenvalue weighted by molar-refractivity contribution is -0.117. The number of carbonyl (C=O) groups is 1. The van der Waals surface area contributed by atoms with Crippen LogP contribution in [0.3, 0.4) is 0 Å². The molecule has 0 amide bonds. The maximum Gasteiger partial charge on any atom is 0.161 e. The van der Waals surface area contributed by atoms with Gasteiger partial charge < -0.3 is 14.4 Å². The Labute approximate surface area is 89.7 Å². The van der Waals surface area contributed by atoms with Gasteiger partial charge in [0.15, 0.2) is 6.73 Å². The summed E-state index contributed by atoms with van der Waals surface area (Å²) in [5.74, 6) is 1.20. The van der Waals surface area contributed by atoms with Gasteiger partial charge in [0.25, 0.3) is 0 Å². The summed E-state index contributed by atoms with van der Waals surface area (Å²) in [5, 5.41) is 0. The molecule has 1 aromatic rings. The average molecular weight is 205 g/mol. The maximum atomic E-state index is 10.8. The van der Waals surface area contributed by atoms with Crippen LogP contribution in [0.2, 0.25) is 0 Å². The summed E-state index contributed by atoms with van der Waals surface area (Å²) in [7, 11) is 0.